The van der Waals surface area contributed by atoms with E-state index in [4.69, 9.17) is 5.10 Å². The largest absolute Gasteiger partial charge is 0.417 e. The Morgan fingerprint density at radius 2 is 1.93 bits per heavy atom. The third-order valence-corrected chi connectivity index (χ3v) is 9.09. The normalized spacial score (nSPS) is 17.3. The molecule has 0 saturated heterocycles. The number of hydrogen-bond donors (Lipinski definition) is 0. The Morgan fingerprint density at radius 3 is 2.67 bits per heavy atom. The van der Waals surface area contributed by atoms with Gasteiger partial charge in [-0.15, -0.1) is 0 Å². The number of hydrogen-bond acceptors (Lipinski definition) is 4. The predicted octanol–water partition coefficient (Wildman–Crippen LogP) is 5.69. The van der Waals surface area contributed by atoms with Crippen molar-refractivity contribution in [2.75, 3.05) is 0 Å². The lowest BCUT2D eigenvalue weighted by atomic mass is 9.97. The summed E-state index contributed by atoms with van der Waals surface area (Å²) in [5.41, 5.74) is 3.91. The Hall–Kier alpha value is -3.93. The molecule has 1 aliphatic heterocycles. The second-order valence-electron chi connectivity index (χ2n) is 11.3. The number of aryl methyl sites for hydroxylation is 1. The molecule has 12 heteroatoms. The molecular formula is C30H26BrF3N6O2. The highest BCUT2D eigenvalue weighted by Gasteiger charge is 2.37. The molecule has 42 heavy (non-hydrogen) atoms. The standard InChI is InChI=1S/C30H26BrF3N6O2/c1-16-9-21-26(14-38(16)28(41)18-5-7-23(31)22(11-18)30(32,33)34)40-27(19(13-36-40)10-17-3-4-17)39(29(21)42)20-6-8-25-24(12-20)35-15-37(25)2/h5-8,11-13,15-17H,3-4,9-10,14H2,1-2H3/t16-/m0/s1. The quantitative estimate of drug-likeness (QED) is 0.253. The Bertz CT molecular complexity index is 1970. The first-order valence-electron chi connectivity index (χ1n) is 13.7. The average molecular weight is 639 g/mol. The van der Waals surface area contributed by atoms with E-state index in [1.54, 1.807) is 28.5 Å². The van der Waals surface area contributed by atoms with Gasteiger partial charge in [0.15, 0.2) is 0 Å². The molecule has 8 nitrogen and oxygen atoms in total. The first kappa shape index (κ1) is 26.9. The third kappa shape index (κ3) is 4.34. The van der Waals surface area contributed by atoms with Gasteiger partial charge >= 0.3 is 6.18 Å². The number of halogens is 4. The van der Waals surface area contributed by atoms with Crippen LogP contribution in [0.3, 0.4) is 0 Å². The van der Waals surface area contributed by atoms with E-state index in [0.29, 0.717) is 28.5 Å². The highest BCUT2D eigenvalue weighted by Crippen LogP contribution is 2.37. The lowest BCUT2D eigenvalue weighted by Crippen LogP contribution is -2.46. The van der Waals surface area contributed by atoms with Gasteiger partial charge in [0.25, 0.3) is 11.5 Å². The molecular weight excluding hydrogens is 613 g/mol. The van der Waals surface area contributed by atoms with Crippen LogP contribution in [0.5, 0.6) is 0 Å². The molecule has 216 valence electrons. The molecule has 1 saturated carbocycles. The molecule has 0 bridgehead atoms. The van der Waals surface area contributed by atoms with E-state index in [1.165, 1.54) is 17.0 Å². The van der Waals surface area contributed by atoms with Gasteiger partial charge in [0, 0.05) is 34.3 Å². The van der Waals surface area contributed by atoms with Gasteiger partial charge in [0.2, 0.25) is 0 Å². The van der Waals surface area contributed by atoms with E-state index < -0.39 is 23.7 Å². The van der Waals surface area contributed by atoms with Gasteiger partial charge in [0.05, 0.1) is 47.0 Å². The number of imidazole rings is 1. The van der Waals surface area contributed by atoms with Crippen LogP contribution in [0.15, 0.2) is 58.2 Å². The van der Waals surface area contributed by atoms with E-state index in [0.717, 1.165) is 41.9 Å². The Balaban J connectivity index is 1.36. The van der Waals surface area contributed by atoms with Gasteiger partial charge in [-0.3, -0.25) is 14.2 Å². The van der Waals surface area contributed by atoms with Gasteiger partial charge < -0.3 is 9.47 Å². The molecule has 4 heterocycles. The Kier molecular flexibility index (Phi) is 6.12. The van der Waals surface area contributed by atoms with E-state index in [-0.39, 0.29) is 28.6 Å². The van der Waals surface area contributed by atoms with Crippen molar-refractivity contribution in [2.24, 2.45) is 13.0 Å². The van der Waals surface area contributed by atoms with Crippen LogP contribution in [0, 0.1) is 5.92 Å². The molecule has 5 aromatic rings. The molecule has 3 aromatic heterocycles. The minimum absolute atomic E-state index is 0.0448. The molecule has 0 unspecified atom stereocenters. The van der Waals surface area contributed by atoms with E-state index >= 15 is 0 Å². The number of alkyl halides is 3. The molecule has 1 amide bonds. The average Bonchev–Trinajstić information content (AvgIpc) is 3.57. The van der Waals surface area contributed by atoms with Crippen LogP contribution in [0.25, 0.3) is 22.4 Å². The van der Waals surface area contributed by atoms with Gasteiger partial charge in [-0.25, -0.2) is 9.50 Å². The molecule has 7 rings (SSSR count). The summed E-state index contributed by atoms with van der Waals surface area (Å²) in [6.45, 7) is 1.85. The Labute approximate surface area is 246 Å². The minimum atomic E-state index is -4.61. The number of nitrogens with zero attached hydrogens (tertiary/aromatic N) is 6. The van der Waals surface area contributed by atoms with Crippen molar-refractivity contribution in [3.63, 3.8) is 0 Å². The van der Waals surface area contributed by atoms with Crippen molar-refractivity contribution < 1.29 is 18.0 Å². The molecule has 0 N–H and O–H groups in total. The highest BCUT2D eigenvalue weighted by atomic mass is 79.9. The van der Waals surface area contributed by atoms with Crippen LogP contribution in [-0.4, -0.2) is 40.6 Å². The van der Waals surface area contributed by atoms with Crippen LogP contribution in [-0.2, 0) is 32.6 Å². The maximum absolute atomic E-state index is 14.3. The summed E-state index contributed by atoms with van der Waals surface area (Å²) in [5.74, 6) is 0.00336. The smallest absolute Gasteiger partial charge is 0.334 e. The number of aromatic nitrogens is 5. The first-order chi connectivity index (χ1) is 20.0. The summed E-state index contributed by atoms with van der Waals surface area (Å²) in [7, 11) is 1.91. The van der Waals surface area contributed by atoms with E-state index in [2.05, 4.69) is 20.9 Å². The third-order valence-electron chi connectivity index (χ3n) is 8.40. The zero-order chi connectivity index (χ0) is 29.5. The van der Waals surface area contributed by atoms with Crippen LogP contribution in [0.2, 0.25) is 0 Å². The van der Waals surface area contributed by atoms with Gasteiger partial charge in [-0.05, 0) is 74.9 Å². The van der Waals surface area contributed by atoms with E-state index in [1.807, 2.05) is 29.8 Å². The van der Waals surface area contributed by atoms with E-state index in [9.17, 15) is 22.8 Å². The summed E-state index contributed by atoms with van der Waals surface area (Å²) >= 11 is 2.95. The number of fused-ring (bicyclic) bond motifs is 4. The number of carbonyl (C=O) groups is 1. The van der Waals surface area contributed by atoms with Crippen molar-refractivity contribution in [1.82, 2.24) is 28.6 Å². The lowest BCUT2D eigenvalue weighted by Gasteiger charge is -2.35. The molecule has 1 aliphatic carbocycles. The summed E-state index contributed by atoms with van der Waals surface area (Å²) in [6, 6.07) is 8.80. The van der Waals surface area contributed by atoms with Crippen LogP contribution in [0.4, 0.5) is 13.2 Å². The maximum atomic E-state index is 14.3. The number of carbonyl (C=O) groups excluding carboxylic acids is 1. The molecule has 1 fully saturated rings. The van der Waals surface area contributed by atoms with Crippen molar-refractivity contribution in [3.8, 4) is 5.69 Å². The number of rotatable bonds is 4. The summed E-state index contributed by atoms with van der Waals surface area (Å²) < 4.78 is 46.0. The summed E-state index contributed by atoms with van der Waals surface area (Å²) in [4.78, 5) is 33.9. The molecule has 0 spiro atoms. The van der Waals surface area contributed by atoms with Gasteiger partial charge in [-0.1, -0.05) is 15.9 Å². The van der Waals surface area contributed by atoms with Gasteiger partial charge in [-0.2, -0.15) is 18.3 Å². The lowest BCUT2D eigenvalue weighted by molar-refractivity contribution is -0.138. The topological polar surface area (TPSA) is 77.4 Å². The fraction of sp³-hybridized carbons (Fsp3) is 0.333. The fourth-order valence-electron chi connectivity index (χ4n) is 5.98. The zero-order valence-electron chi connectivity index (χ0n) is 22.8. The molecule has 2 aliphatic rings. The first-order valence-corrected chi connectivity index (χ1v) is 14.5. The van der Waals surface area contributed by atoms with Crippen molar-refractivity contribution >= 4 is 38.5 Å². The number of benzene rings is 2. The maximum Gasteiger partial charge on any atom is 0.417 e. The van der Waals surface area contributed by atoms with Crippen molar-refractivity contribution in [2.45, 2.75) is 51.4 Å². The SMILES string of the molecule is C[C@H]1Cc2c(n3ncc(CC4CC4)c3n(-c3ccc4c(c3)ncn4C)c2=O)CN1C(=O)c1ccc(Br)c(C(F)(F)F)c1. The fourth-order valence-corrected chi connectivity index (χ4v) is 6.45. The van der Waals surface area contributed by atoms with Gasteiger partial charge in [0.1, 0.15) is 5.65 Å². The van der Waals surface area contributed by atoms with Crippen molar-refractivity contribution in [3.05, 3.63) is 91.7 Å². The van der Waals surface area contributed by atoms with Crippen molar-refractivity contribution in [1.29, 1.82) is 0 Å². The van der Waals surface area contributed by atoms with Crippen LogP contribution >= 0.6 is 15.9 Å². The second-order valence-corrected chi connectivity index (χ2v) is 12.2. The number of amides is 1. The summed E-state index contributed by atoms with van der Waals surface area (Å²) in [5, 5.41) is 4.70. The highest BCUT2D eigenvalue weighted by molar-refractivity contribution is 9.10. The van der Waals surface area contributed by atoms with Crippen LogP contribution < -0.4 is 5.56 Å². The Morgan fingerprint density at radius 1 is 1.14 bits per heavy atom. The summed E-state index contributed by atoms with van der Waals surface area (Å²) in [6.07, 6.45) is 2.18. The minimum Gasteiger partial charge on any atom is -0.334 e. The monoisotopic (exact) mass is 638 g/mol. The molecule has 1 atom stereocenters. The second kappa shape index (κ2) is 9.55. The molecule has 0 radical (unpaired) electrons. The zero-order valence-corrected chi connectivity index (χ0v) is 24.4. The predicted molar refractivity (Wildman–Crippen MR) is 154 cm³/mol. The molecule has 2 aromatic carbocycles. The van der Waals surface area contributed by atoms with Crippen LogP contribution in [0.1, 0.15) is 52.5 Å².